The third kappa shape index (κ3) is 3.81. The molecule has 20 heavy (non-hydrogen) atoms. The second kappa shape index (κ2) is 7.21. The van der Waals surface area contributed by atoms with Crippen molar-refractivity contribution >= 4 is 0 Å². The van der Waals surface area contributed by atoms with Gasteiger partial charge in [-0.3, -0.25) is 4.90 Å². The van der Waals surface area contributed by atoms with Crippen molar-refractivity contribution in [1.82, 2.24) is 9.80 Å². The number of hydrogen-bond donors (Lipinski definition) is 1. The Hall–Kier alpha value is -0.900. The van der Waals surface area contributed by atoms with Gasteiger partial charge in [0.05, 0.1) is 0 Å². The van der Waals surface area contributed by atoms with E-state index in [1.54, 1.807) is 0 Å². The van der Waals surface area contributed by atoms with Crippen molar-refractivity contribution in [2.75, 3.05) is 26.7 Å². The van der Waals surface area contributed by atoms with Crippen molar-refractivity contribution < 1.29 is 0 Å². The summed E-state index contributed by atoms with van der Waals surface area (Å²) in [5.74, 6) is 0. The van der Waals surface area contributed by atoms with Gasteiger partial charge in [-0.05, 0) is 56.6 Å². The van der Waals surface area contributed by atoms with Crippen LogP contribution in [0.2, 0.25) is 0 Å². The summed E-state index contributed by atoms with van der Waals surface area (Å²) >= 11 is 0. The molecule has 1 heterocycles. The quantitative estimate of drug-likeness (QED) is 0.865. The zero-order valence-electron chi connectivity index (χ0n) is 13.2. The van der Waals surface area contributed by atoms with E-state index >= 15 is 0 Å². The first-order valence-corrected chi connectivity index (χ1v) is 7.85. The maximum absolute atomic E-state index is 5.69. The third-order valence-electron chi connectivity index (χ3n) is 4.51. The molecule has 0 saturated carbocycles. The lowest BCUT2D eigenvalue weighted by atomic mass is 10.0. The van der Waals surface area contributed by atoms with Gasteiger partial charge in [-0.1, -0.05) is 25.1 Å². The second-order valence-electron chi connectivity index (χ2n) is 6.09. The van der Waals surface area contributed by atoms with Gasteiger partial charge in [-0.2, -0.15) is 0 Å². The number of likely N-dealkylation sites (N-methyl/N-ethyl adjacent to an activating group) is 2. The normalized spacial score (nSPS) is 19.9. The SMILES string of the molecule is CCN1CCCC1CN(C)Cc1ccc(CN)cc1C. The first-order valence-electron chi connectivity index (χ1n) is 7.85. The largest absolute Gasteiger partial charge is 0.326 e. The summed E-state index contributed by atoms with van der Waals surface area (Å²) in [6, 6.07) is 7.36. The highest BCUT2D eigenvalue weighted by atomic mass is 15.2. The van der Waals surface area contributed by atoms with Crippen LogP contribution in [-0.2, 0) is 13.1 Å². The zero-order valence-corrected chi connectivity index (χ0v) is 13.2. The van der Waals surface area contributed by atoms with Crippen molar-refractivity contribution in [2.24, 2.45) is 5.73 Å². The maximum atomic E-state index is 5.69. The minimum Gasteiger partial charge on any atom is -0.326 e. The van der Waals surface area contributed by atoms with Crippen LogP contribution >= 0.6 is 0 Å². The first kappa shape index (κ1) is 15.5. The number of hydrogen-bond acceptors (Lipinski definition) is 3. The van der Waals surface area contributed by atoms with E-state index in [1.165, 1.54) is 49.2 Å². The summed E-state index contributed by atoms with van der Waals surface area (Å²) in [4.78, 5) is 5.07. The van der Waals surface area contributed by atoms with Gasteiger partial charge in [0.2, 0.25) is 0 Å². The molecule has 3 heteroatoms. The number of nitrogens with two attached hydrogens (primary N) is 1. The van der Waals surface area contributed by atoms with Crippen LogP contribution in [-0.4, -0.2) is 42.5 Å². The van der Waals surface area contributed by atoms with Crippen LogP contribution in [0.5, 0.6) is 0 Å². The van der Waals surface area contributed by atoms with Crippen molar-refractivity contribution in [3.8, 4) is 0 Å². The molecule has 2 rings (SSSR count). The van der Waals surface area contributed by atoms with Crippen LogP contribution in [0, 0.1) is 6.92 Å². The van der Waals surface area contributed by atoms with E-state index in [-0.39, 0.29) is 0 Å². The zero-order chi connectivity index (χ0) is 14.5. The molecule has 1 aromatic carbocycles. The Kier molecular flexibility index (Phi) is 5.58. The minimum atomic E-state index is 0.629. The van der Waals surface area contributed by atoms with Crippen LogP contribution in [0.1, 0.15) is 36.5 Å². The average Bonchev–Trinajstić information content (AvgIpc) is 2.88. The summed E-state index contributed by atoms with van der Waals surface area (Å²) < 4.78 is 0. The van der Waals surface area contributed by atoms with Crippen LogP contribution in [0.4, 0.5) is 0 Å². The molecule has 1 atom stereocenters. The van der Waals surface area contributed by atoms with Crippen molar-refractivity contribution in [1.29, 1.82) is 0 Å². The Morgan fingerprint density at radius 2 is 2.20 bits per heavy atom. The molecule has 0 spiro atoms. The first-order chi connectivity index (χ1) is 9.63. The predicted octanol–water partition coefficient (Wildman–Crippen LogP) is 2.37. The molecule has 0 aromatic heterocycles. The minimum absolute atomic E-state index is 0.629. The second-order valence-corrected chi connectivity index (χ2v) is 6.09. The van der Waals surface area contributed by atoms with Gasteiger partial charge in [0.25, 0.3) is 0 Å². The summed E-state index contributed by atoms with van der Waals surface area (Å²) in [7, 11) is 2.24. The molecule has 1 fully saturated rings. The van der Waals surface area contributed by atoms with E-state index in [0.29, 0.717) is 6.54 Å². The Bertz CT molecular complexity index is 430. The van der Waals surface area contributed by atoms with Gasteiger partial charge in [0.15, 0.2) is 0 Å². The molecule has 1 unspecified atom stereocenters. The van der Waals surface area contributed by atoms with E-state index in [4.69, 9.17) is 5.73 Å². The fraction of sp³-hybridized carbons (Fsp3) is 0.647. The molecule has 0 bridgehead atoms. The van der Waals surface area contributed by atoms with E-state index in [1.807, 2.05) is 0 Å². The Balaban J connectivity index is 1.92. The van der Waals surface area contributed by atoms with Gasteiger partial charge in [0, 0.05) is 25.7 Å². The molecular formula is C17H29N3. The van der Waals surface area contributed by atoms with E-state index < -0.39 is 0 Å². The monoisotopic (exact) mass is 275 g/mol. The molecule has 0 aliphatic carbocycles. The van der Waals surface area contributed by atoms with Crippen molar-refractivity contribution in [3.63, 3.8) is 0 Å². The van der Waals surface area contributed by atoms with Gasteiger partial charge in [-0.15, -0.1) is 0 Å². The third-order valence-corrected chi connectivity index (χ3v) is 4.51. The summed E-state index contributed by atoms with van der Waals surface area (Å²) in [5, 5.41) is 0. The van der Waals surface area contributed by atoms with Gasteiger partial charge < -0.3 is 10.6 Å². The highest BCUT2D eigenvalue weighted by Crippen LogP contribution is 2.19. The molecule has 1 aromatic rings. The lowest BCUT2D eigenvalue weighted by Crippen LogP contribution is -2.38. The molecule has 1 aliphatic rings. The molecule has 0 amide bonds. The van der Waals surface area contributed by atoms with E-state index in [0.717, 1.165) is 12.6 Å². The van der Waals surface area contributed by atoms with E-state index in [2.05, 4.69) is 48.9 Å². The number of benzene rings is 1. The lowest BCUT2D eigenvalue weighted by Gasteiger charge is -2.28. The molecule has 1 aliphatic heterocycles. The summed E-state index contributed by atoms with van der Waals surface area (Å²) in [6.07, 6.45) is 2.71. The highest BCUT2D eigenvalue weighted by molar-refractivity contribution is 5.30. The van der Waals surface area contributed by atoms with Crippen LogP contribution in [0.15, 0.2) is 18.2 Å². The highest BCUT2D eigenvalue weighted by Gasteiger charge is 2.23. The molecule has 112 valence electrons. The average molecular weight is 275 g/mol. The molecule has 0 radical (unpaired) electrons. The number of nitrogens with zero attached hydrogens (tertiary/aromatic N) is 2. The lowest BCUT2D eigenvalue weighted by molar-refractivity contribution is 0.194. The predicted molar refractivity (Wildman–Crippen MR) is 85.7 cm³/mol. The van der Waals surface area contributed by atoms with Crippen LogP contribution < -0.4 is 5.73 Å². The van der Waals surface area contributed by atoms with Crippen LogP contribution in [0.25, 0.3) is 0 Å². The standard InChI is InChI=1S/C17H29N3/c1-4-20-9-5-6-17(20)13-19(3)12-16-8-7-15(11-18)10-14(16)2/h7-8,10,17H,4-6,9,11-13,18H2,1-3H3. The smallest absolute Gasteiger partial charge is 0.0233 e. The molecule has 3 nitrogen and oxygen atoms in total. The van der Waals surface area contributed by atoms with Crippen molar-refractivity contribution in [2.45, 2.75) is 45.8 Å². The van der Waals surface area contributed by atoms with Gasteiger partial charge in [0.1, 0.15) is 0 Å². The van der Waals surface area contributed by atoms with Gasteiger partial charge in [-0.25, -0.2) is 0 Å². The molecule has 2 N–H and O–H groups in total. The number of aryl methyl sites for hydroxylation is 1. The van der Waals surface area contributed by atoms with Crippen molar-refractivity contribution in [3.05, 3.63) is 34.9 Å². The molecule has 1 saturated heterocycles. The fourth-order valence-electron chi connectivity index (χ4n) is 3.30. The maximum Gasteiger partial charge on any atom is 0.0233 e. The summed E-state index contributed by atoms with van der Waals surface area (Å²) in [6.45, 7) is 9.76. The number of likely N-dealkylation sites (tertiary alicyclic amines) is 1. The fourth-order valence-corrected chi connectivity index (χ4v) is 3.30. The van der Waals surface area contributed by atoms with Gasteiger partial charge >= 0.3 is 0 Å². The van der Waals surface area contributed by atoms with Crippen LogP contribution in [0.3, 0.4) is 0 Å². The Morgan fingerprint density at radius 3 is 2.85 bits per heavy atom. The molecular weight excluding hydrogens is 246 g/mol. The topological polar surface area (TPSA) is 32.5 Å². The van der Waals surface area contributed by atoms with E-state index in [9.17, 15) is 0 Å². The number of rotatable bonds is 6. The Labute approximate surface area is 123 Å². The summed E-state index contributed by atoms with van der Waals surface area (Å²) in [5.41, 5.74) is 9.70. The Morgan fingerprint density at radius 1 is 1.40 bits per heavy atom.